The first kappa shape index (κ1) is 21.6. The van der Waals surface area contributed by atoms with Gasteiger partial charge in [-0.1, -0.05) is 0 Å². The normalized spacial score (nSPS) is 24.3. The average Bonchev–Trinajstić information content (AvgIpc) is 3.18. The van der Waals surface area contributed by atoms with Crippen molar-refractivity contribution >= 4 is 35.5 Å². The van der Waals surface area contributed by atoms with Crippen LogP contribution in [0.3, 0.4) is 0 Å². The molecule has 2 saturated heterocycles. The van der Waals surface area contributed by atoms with Crippen molar-refractivity contribution in [3.8, 4) is 0 Å². The number of hydroxylamine groups is 2. The van der Waals surface area contributed by atoms with Crippen molar-refractivity contribution < 1.29 is 63.4 Å². The van der Waals surface area contributed by atoms with Gasteiger partial charge in [0.15, 0.2) is 0 Å². The Bertz CT molecular complexity index is 750. The Hall–Kier alpha value is -1.66. The number of carboxylic acid groups (broad SMARTS) is 1. The van der Waals surface area contributed by atoms with Gasteiger partial charge in [-0.05, 0) is 12.1 Å². The maximum atomic E-state index is 12.4. The minimum absolute atomic E-state index is 0. The van der Waals surface area contributed by atoms with E-state index in [-0.39, 0.29) is 54.8 Å². The first-order chi connectivity index (χ1) is 12.4. The molecule has 2 fully saturated rings. The summed E-state index contributed by atoms with van der Waals surface area (Å²) in [6.45, 7) is -0.267. The Morgan fingerprint density at radius 2 is 2.07 bits per heavy atom. The van der Waals surface area contributed by atoms with Gasteiger partial charge in [0.25, 0.3) is 11.6 Å². The first-order valence-electron chi connectivity index (χ1n) is 7.65. The van der Waals surface area contributed by atoms with E-state index < -0.39 is 35.5 Å². The van der Waals surface area contributed by atoms with E-state index in [0.717, 1.165) is 4.90 Å². The number of hydrogen-bond donors (Lipinski definition) is 1. The van der Waals surface area contributed by atoms with Crippen LogP contribution in [0.4, 0.5) is 0 Å². The molecule has 1 unspecified atom stereocenters. The summed E-state index contributed by atoms with van der Waals surface area (Å²) < 4.78 is 4.78. The SMILES string of the molecule is O=C(CSc1ccncc1)N[C@H]1CON(C2(C(=O)[O-])CCC(=O)O2)C1=O.[Na+]. The van der Waals surface area contributed by atoms with Crippen molar-refractivity contribution in [2.45, 2.75) is 29.5 Å². The third-order valence-corrected chi connectivity index (χ3v) is 4.83. The number of nitrogens with zero attached hydrogens (tertiary/aromatic N) is 2. The van der Waals surface area contributed by atoms with Crippen molar-refractivity contribution in [1.82, 2.24) is 15.4 Å². The summed E-state index contributed by atoms with van der Waals surface area (Å²) in [7, 11) is 0. The predicted molar refractivity (Wildman–Crippen MR) is 82.8 cm³/mol. The number of hydrogen-bond acceptors (Lipinski definition) is 9. The Morgan fingerprint density at radius 3 is 2.67 bits per heavy atom. The number of carboxylic acids is 1. The van der Waals surface area contributed by atoms with Gasteiger partial charge in [-0.25, -0.2) is 0 Å². The van der Waals surface area contributed by atoms with Gasteiger partial charge < -0.3 is 20.0 Å². The molecular formula is C15H14N3NaO7S. The van der Waals surface area contributed by atoms with Crippen LogP contribution in [-0.4, -0.2) is 57.9 Å². The first-order valence-corrected chi connectivity index (χ1v) is 8.63. The number of ether oxygens (including phenoxy) is 1. The summed E-state index contributed by atoms with van der Waals surface area (Å²) in [6.07, 6.45) is 2.72. The van der Waals surface area contributed by atoms with E-state index in [2.05, 4.69) is 10.3 Å². The van der Waals surface area contributed by atoms with Gasteiger partial charge in [0, 0.05) is 23.7 Å². The molecule has 10 nitrogen and oxygen atoms in total. The smallest absolute Gasteiger partial charge is 0.544 e. The summed E-state index contributed by atoms with van der Waals surface area (Å²) in [5.41, 5.74) is -2.29. The van der Waals surface area contributed by atoms with Crippen LogP contribution in [0.15, 0.2) is 29.4 Å². The van der Waals surface area contributed by atoms with E-state index in [0.29, 0.717) is 5.06 Å². The summed E-state index contributed by atoms with van der Waals surface area (Å²) in [6, 6.07) is 2.40. The molecule has 0 aliphatic carbocycles. The molecule has 2 aliphatic heterocycles. The van der Waals surface area contributed by atoms with E-state index in [4.69, 9.17) is 9.57 Å². The van der Waals surface area contributed by atoms with Crippen LogP contribution in [0.25, 0.3) is 0 Å². The van der Waals surface area contributed by atoms with Crippen LogP contribution < -0.4 is 40.0 Å². The zero-order chi connectivity index (χ0) is 18.7. The summed E-state index contributed by atoms with van der Waals surface area (Å²) in [5.74, 6) is -3.72. The Morgan fingerprint density at radius 1 is 1.37 bits per heavy atom. The van der Waals surface area contributed by atoms with Gasteiger partial charge in [0.2, 0.25) is 5.91 Å². The second kappa shape index (κ2) is 9.02. The number of carbonyl (C=O) groups is 4. The van der Waals surface area contributed by atoms with Gasteiger partial charge >= 0.3 is 35.5 Å². The fourth-order valence-corrected chi connectivity index (χ4v) is 3.26. The molecular weight excluding hydrogens is 389 g/mol. The minimum Gasteiger partial charge on any atom is -0.544 e. The molecule has 0 radical (unpaired) electrons. The van der Waals surface area contributed by atoms with Gasteiger partial charge in [0.1, 0.15) is 18.6 Å². The van der Waals surface area contributed by atoms with Crippen LogP contribution in [0.2, 0.25) is 0 Å². The number of pyridine rings is 1. The van der Waals surface area contributed by atoms with Crippen molar-refractivity contribution in [3.63, 3.8) is 0 Å². The molecule has 2 atom stereocenters. The fraction of sp³-hybridized carbons (Fsp3) is 0.400. The van der Waals surface area contributed by atoms with Gasteiger partial charge in [-0.2, -0.15) is 5.06 Å². The number of aliphatic carboxylic acids is 1. The van der Waals surface area contributed by atoms with Gasteiger partial charge in [-0.3, -0.25) is 24.2 Å². The van der Waals surface area contributed by atoms with E-state index in [1.807, 2.05) is 0 Å². The number of nitrogens with one attached hydrogen (secondary N) is 1. The maximum Gasteiger partial charge on any atom is 1.00 e. The van der Waals surface area contributed by atoms with Crippen LogP contribution >= 0.6 is 11.8 Å². The maximum absolute atomic E-state index is 12.4. The molecule has 2 amide bonds. The monoisotopic (exact) mass is 403 g/mol. The summed E-state index contributed by atoms with van der Waals surface area (Å²) >= 11 is 1.25. The zero-order valence-electron chi connectivity index (χ0n) is 14.4. The molecule has 0 bridgehead atoms. The number of rotatable bonds is 6. The quantitative estimate of drug-likeness (QED) is 0.282. The van der Waals surface area contributed by atoms with Crippen molar-refractivity contribution in [2.75, 3.05) is 12.4 Å². The van der Waals surface area contributed by atoms with E-state index in [9.17, 15) is 24.3 Å². The minimum atomic E-state index is -2.29. The van der Waals surface area contributed by atoms with Crippen LogP contribution in [-0.2, 0) is 28.8 Å². The summed E-state index contributed by atoms with van der Waals surface area (Å²) in [5, 5.41) is 14.4. The van der Waals surface area contributed by atoms with E-state index in [1.54, 1.807) is 24.5 Å². The number of aromatic nitrogens is 1. The zero-order valence-corrected chi connectivity index (χ0v) is 17.2. The van der Waals surface area contributed by atoms with Crippen molar-refractivity contribution in [3.05, 3.63) is 24.5 Å². The molecule has 0 aromatic carbocycles. The summed E-state index contributed by atoms with van der Waals surface area (Å²) in [4.78, 5) is 57.0. The largest absolute Gasteiger partial charge is 1.00 e. The molecule has 1 aromatic heterocycles. The predicted octanol–water partition coefficient (Wildman–Crippen LogP) is -4.78. The number of amides is 2. The molecule has 3 heterocycles. The molecule has 2 aliphatic rings. The Balaban J connectivity index is 0.00000261. The van der Waals surface area contributed by atoms with Crippen molar-refractivity contribution in [2.24, 2.45) is 0 Å². The molecule has 3 rings (SSSR count). The number of esters is 1. The number of carbonyl (C=O) groups excluding carboxylic acids is 4. The standard InChI is InChI=1S/C15H15N3O7S.Na/c19-11(8-26-9-2-5-16-6-3-9)17-10-7-24-18(13(10)21)15(14(22)23)4-1-12(20)25-15;/h2-3,5-6,10H,1,4,7-8H2,(H,17,19)(H,22,23);/q;+1/p-1/t10-,15?;/m0./s1. The Kier molecular flexibility index (Phi) is 7.23. The second-order valence-corrected chi connectivity index (χ2v) is 6.61. The molecule has 0 saturated carbocycles. The molecule has 1 aromatic rings. The molecule has 27 heavy (non-hydrogen) atoms. The van der Waals surface area contributed by atoms with Crippen LogP contribution in [0.1, 0.15) is 12.8 Å². The van der Waals surface area contributed by atoms with E-state index >= 15 is 0 Å². The molecule has 1 N–H and O–H groups in total. The fourth-order valence-electron chi connectivity index (χ4n) is 2.56. The second-order valence-electron chi connectivity index (χ2n) is 5.57. The third-order valence-electron chi connectivity index (χ3n) is 3.82. The van der Waals surface area contributed by atoms with Crippen LogP contribution in [0, 0.1) is 0 Å². The number of cyclic esters (lactones) is 1. The molecule has 12 heteroatoms. The van der Waals surface area contributed by atoms with Crippen molar-refractivity contribution in [1.29, 1.82) is 0 Å². The average molecular weight is 403 g/mol. The third kappa shape index (κ3) is 4.61. The number of thioether (sulfide) groups is 1. The topological polar surface area (TPSA) is 138 Å². The van der Waals surface area contributed by atoms with Gasteiger partial charge in [-0.15, -0.1) is 11.8 Å². The Labute approximate surface area is 180 Å². The molecule has 0 spiro atoms. The molecule has 138 valence electrons. The van der Waals surface area contributed by atoms with Crippen LogP contribution in [0.5, 0.6) is 0 Å². The van der Waals surface area contributed by atoms with E-state index in [1.165, 1.54) is 11.8 Å². The van der Waals surface area contributed by atoms with Gasteiger partial charge in [0.05, 0.1) is 12.2 Å².